The van der Waals surface area contributed by atoms with E-state index in [1.807, 2.05) is 6.07 Å². The zero-order valence-electron chi connectivity index (χ0n) is 13.0. The summed E-state index contributed by atoms with van der Waals surface area (Å²) in [4.78, 5) is 11.8. The summed E-state index contributed by atoms with van der Waals surface area (Å²) in [7, 11) is 0. The van der Waals surface area contributed by atoms with Crippen molar-refractivity contribution in [2.75, 3.05) is 13.2 Å². The van der Waals surface area contributed by atoms with E-state index in [0.717, 1.165) is 37.2 Å². The van der Waals surface area contributed by atoms with Crippen molar-refractivity contribution < 1.29 is 18.7 Å². The summed E-state index contributed by atoms with van der Waals surface area (Å²) in [6.07, 6.45) is 7.34. The molecule has 1 spiro atoms. The van der Waals surface area contributed by atoms with E-state index < -0.39 is 5.79 Å². The summed E-state index contributed by atoms with van der Waals surface area (Å²) in [5.41, 5.74) is 0.936. The van der Waals surface area contributed by atoms with Crippen molar-refractivity contribution in [3.8, 4) is 0 Å². The van der Waals surface area contributed by atoms with Crippen molar-refractivity contribution in [3.63, 3.8) is 0 Å². The van der Waals surface area contributed by atoms with Gasteiger partial charge in [-0.25, -0.2) is 4.79 Å². The summed E-state index contributed by atoms with van der Waals surface area (Å²) in [5.74, 6) is 0.357. The molecule has 22 heavy (non-hydrogen) atoms. The van der Waals surface area contributed by atoms with Crippen LogP contribution in [-0.2, 0) is 16.0 Å². The van der Waals surface area contributed by atoms with E-state index in [0.29, 0.717) is 19.7 Å². The predicted molar refractivity (Wildman–Crippen MR) is 80.1 cm³/mol. The van der Waals surface area contributed by atoms with Crippen LogP contribution in [0.3, 0.4) is 0 Å². The third-order valence-electron chi connectivity index (χ3n) is 4.47. The first-order valence-corrected chi connectivity index (χ1v) is 8.00. The topological polar surface area (TPSA) is 72.7 Å². The van der Waals surface area contributed by atoms with Gasteiger partial charge in [-0.05, 0) is 24.8 Å². The van der Waals surface area contributed by atoms with Gasteiger partial charge in [-0.3, -0.25) is 0 Å². The first-order chi connectivity index (χ1) is 10.7. The Hall–Kier alpha value is -1.53. The monoisotopic (exact) mass is 308 g/mol. The Morgan fingerprint density at radius 3 is 2.91 bits per heavy atom. The lowest BCUT2D eigenvalue weighted by Gasteiger charge is -2.34. The molecule has 1 aromatic heterocycles. The zero-order valence-corrected chi connectivity index (χ0v) is 13.0. The third-order valence-corrected chi connectivity index (χ3v) is 4.47. The molecule has 1 saturated carbocycles. The molecule has 2 N–H and O–H groups in total. The standard InChI is InChI=1S/C16H24N2O4/c1-12-2-5-16(6-3-12)21-11-14(22-16)9-18-15(19)17-8-13-4-7-20-10-13/h4,7,10,12,14H,2-3,5-6,8-9,11H2,1H3,(H2,17,18,19). The molecule has 6 heteroatoms. The number of hydrogen-bond donors (Lipinski definition) is 2. The van der Waals surface area contributed by atoms with Crippen LogP contribution in [-0.4, -0.2) is 31.1 Å². The summed E-state index contributed by atoms with van der Waals surface area (Å²) in [6, 6.07) is 1.62. The quantitative estimate of drug-likeness (QED) is 0.896. The molecule has 2 fully saturated rings. The molecule has 0 aromatic carbocycles. The Labute approximate surface area is 130 Å². The molecule has 1 unspecified atom stereocenters. The van der Waals surface area contributed by atoms with Crippen molar-refractivity contribution in [3.05, 3.63) is 24.2 Å². The van der Waals surface area contributed by atoms with Gasteiger partial charge in [0.25, 0.3) is 0 Å². The molecule has 3 rings (SSSR count). The lowest BCUT2D eigenvalue weighted by atomic mass is 9.86. The summed E-state index contributed by atoms with van der Waals surface area (Å²) in [5, 5.41) is 5.61. The van der Waals surface area contributed by atoms with Crippen LogP contribution in [0.4, 0.5) is 4.79 Å². The molecule has 0 radical (unpaired) electrons. The van der Waals surface area contributed by atoms with Gasteiger partial charge in [-0.2, -0.15) is 0 Å². The molecule has 1 aromatic rings. The van der Waals surface area contributed by atoms with Crippen LogP contribution in [0.1, 0.15) is 38.2 Å². The predicted octanol–water partition coefficient (Wildman–Crippen LogP) is 2.40. The zero-order chi connectivity index (χ0) is 15.4. The minimum Gasteiger partial charge on any atom is -0.472 e. The minimum absolute atomic E-state index is 0.0620. The average Bonchev–Trinajstić information content (AvgIpc) is 3.17. The van der Waals surface area contributed by atoms with Crippen molar-refractivity contribution in [2.45, 2.75) is 51.0 Å². The highest BCUT2D eigenvalue weighted by molar-refractivity contribution is 5.73. The number of amides is 2. The van der Waals surface area contributed by atoms with E-state index in [1.54, 1.807) is 12.5 Å². The van der Waals surface area contributed by atoms with Crippen LogP contribution >= 0.6 is 0 Å². The highest BCUT2D eigenvalue weighted by Crippen LogP contribution is 2.39. The molecule has 1 saturated heterocycles. The molecule has 6 nitrogen and oxygen atoms in total. The molecule has 1 aliphatic carbocycles. The molecular formula is C16H24N2O4. The molecule has 2 heterocycles. The Kier molecular flexibility index (Phi) is 4.69. The summed E-state index contributed by atoms with van der Waals surface area (Å²) in [6.45, 7) is 3.74. The Morgan fingerprint density at radius 1 is 1.36 bits per heavy atom. The second kappa shape index (κ2) is 6.71. The van der Waals surface area contributed by atoms with Gasteiger partial charge >= 0.3 is 6.03 Å². The maximum atomic E-state index is 11.8. The van der Waals surface area contributed by atoms with E-state index in [-0.39, 0.29) is 12.1 Å². The van der Waals surface area contributed by atoms with E-state index in [1.165, 1.54) is 0 Å². The third kappa shape index (κ3) is 3.81. The van der Waals surface area contributed by atoms with Gasteiger partial charge in [0.2, 0.25) is 0 Å². The Bertz CT molecular complexity index is 480. The number of furan rings is 1. The summed E-state index contributed by atoms with van der Waals surface area (Å²) >= 11 is 0. The van der Waals surface area contributed by atoms with Crippen LogP contribution in [0.5, 0.6) is 0 Å². The van der Waals surface area contributed by atoms with Crippen LogP contribution in [0.25, 0.3) is 0 Å². The van der Waals surface area contributed by atoms with Gasteiger partial charge in [-0.1, -0.05) is 6.92 Å². The van der Waals surface area contributed by atoms with Crippen molar-refractivity contribution >= 4 is 6.03 Å². The maximum absolute atomic E-state index is 11.8. The van der Waals surface area contributed by atoms with Crippen LogP contribution < -0.4 is 10.6 Å². The molecule has 1 aliphatic heterocycles. The number of ether oxygens (including phenoxy) is 2. The summed E-state index contributed by atoms with van der Waals surface area (Å²) < 4.78 is 16.9. The fourth-order valence-corrected chi connectivity index (χ4v) is 3.03. The molecule has 0 bridgehead atoms. The number of nitrogens with one attached hydrogen (secondary N) is 2. The van der Waals surface area contributed by atoms with Crippen LogP contribution in [0.15, 0.2) is 23.0 Å². The minimum atomic E-state index is -0.397. The van der Waals surface area contributed by atoms with Gasteiger partial charge < -0.3 is 24.5 Å². The highest BCUT2D eigenvalue weighted by Gasteiger charge is 2.43. The van der Waals surface area contributed by atoms with Gasteiger partial charge in [0.05, 0.1) is 19.1 Å². The number of hydrogen-bond acceptors (Lipinski definition) is 4. The molecule has 1 atom stereocenters. The van der Waals surface area contributed by atoms with E-state index in [4.69, 9.17) is 13.9 Å². The highest BCUT2D eigenvalue weighted by atomic mass is 16.7. The number of carbonyl (C=O) groups excluding carboxylic acids is 1. The molecular weight excluding hydrogens is 284 g/mol. The average molecular weight is 308 g/mol. The van der Waals surface area contributed by atoms with E-state index in [2.05, 4.69) is 17.6 Å². The van der Waals surface area contributed by atoms with Crippen molar-refractivity contribution in [1.82, 2.24) is 10.6 Å². The molecule has 2 amide bonds. The normalized spacial score (nSPS) is 31.3. The lowest BCUT2D eigenvalue weighted by Crippen LogP contribution is -2.41. The van der Waals surface area contributed by atoms with Crippen LogP contribution in [0, 0.1) is 5.92 Å². The smallest absolute Gasteiger partial charge is 0.315 e. The first-order valence-electron chi connectivity index (χ1n) is 8.00. The van der Waals surface area contributed by atoms with Gasteiger partial charge in [0, 0.05) is 31.5 Å². The van der Waals surface area contributed by atoms with Gasteiger partial charge in [0.1, 0.15) is 6.10 Å². The second-order valence-corrected chi connectivity index (χ2v) is 6.34. The molecule has 2 aliphatic rings. The second-order valence-electron chi connectivity index (χ2n) is 6.34. The molecule has 122 valence electrons. The SMILES string of the molecule is CC1CCC2(CC1)OCC(CNC(=O)NCc1ccoc1)O2. The Balaban J connectivity index is 1.36. The Morgan fingerprint density at radius 2 is 2.18 bits per heavy atom. The fraction of sp³-hybridized carbons (Fsp3) is 0.688. The van der Waals surface area contributed by atoms with Gasteiger partial charge in [-0.15, -0.1) is 0 Å². The number of urea groups is 1. The van der Waals surface area contributed by atoms with Crippen molar-refractivity contribution in [2.24, 2.45) is 5.92 Å². The maximum Gasteiger partial charge on any atom is 0.315 e. The first kappa shape index (κ1) is 15.4. The number of carbonyl (C=O) groups is 1. The van der Waals surface area contributed by atoms with Crippen molar-refractivity contribution in [1.29, 1.82) is 0 Å². The lowest BCUT2D eigenvalue weighted by molar-refractivity contribution is -0.191. The van der Waals surface area contributed by atoms with Crippen LogP contribution in [0.2, 0.25) is 0 Å². The van der Waals surface area contributed by atoms with E-state index in [9.17, 15) is 4.79 Å². The largest absolute Gasteiger partial charge is 0.472 e. The van der Waals surface area contributed by atoms with E-state index >= 15 is 0 Å². The fourth-order valence-electron chi connectivity index (χ4n) is 3.03. The van der Waals surface area contributed by atoms with Gasteiger partial charge in [0.15, 0.2) is 5.79 Å². The number of rotatable bonds is 4.